The molecule has 0 aliphatic rings. The lowest BCUT2D eigenvalue weighted by atomic mass is 10.2. The van der Waals surface area contributed by atoms with Crippen LogP contribution in [-0.4, -0.2) is 49.6 Å². The Hall–Kier alpha value is -0.220. The summed E-state index contributed by atoms with van der Waals surface area (Å²) in [6.45, 7) is 2.24. The van der Waals surface area contributed by atoms with Gasteiger partial charge in [0.05, 0.1) is 0 Å². The van der Waals surface area contributed by atoms with Crippen molar-refractivity contribution in [1.29, 1.82) is 0 Å². The van der Waals surface area contributed by atoms with Gasteiger partial charge in [-0.3, -0.25) is 4.79 Å². The number of ether oxygens (including phenoxy) is 1. The van der Waals surface area contributed by atoms with Gasteiger partial charge < -0.3 is 9.64 Å². The van der Waals surface area contributed by atoms with Crippen LogP contribution in [0.3, 0.4) is 0 Å². The molecule has 4 heteroatoms. The maximum Gasteiger partial charge on any atom is 0.248 e. The molecule has 0 aliphatic carbocycles. The van der Waals surface area contributed by atoms with Crippen LogP contribution >= 0.6 is 11.8 Å². The Bertz CT molecular complexity index is 153. The standard InChI is InChI=1S/C9H19NO2S/c1-8(5-6-13-4)10(2)9(11)7-12-3/h8H,5-7H2,1-4H3. The lowest BCUT2D eigenvalue weighted by Gasteiger charge is -2.24. The second-order valence-corrected chi connectivity index (χ2v) is 4.05. The monoisotopic (exact) mass is 205 g/mol. The molecule has 0 fully saturated rings. The largest absolute Gasteiger partial charge is 0.375 e. The first-order valence-corrected chi connectivity index (χ1v) is 5.76. The van der Waals surface area contributed by atoms with Crippen molar-refractivity contribution in [3.8, 4) is 0 Å². The predicted molar refractivity (Wildman–Crippen MR) is 57.1 cm³/mol. The van der Waals surface area contributed by atoms with Crippen molar-refractivity contribution in [2.45, 2.75) is 19.4 Å². The second-order valence-electron chi connectivity index (χ2n) is 3.07. The number of nitrogens with zero attached hydrogens (tertiary/aromatic N) is 1. The van der Waals surface area contributed by atoms with E-state index in [1.165, 1.54) is 7.11 Å². The van der Waals surface area contributed by atoms with Crippen LogP contribution in [0.4, 0.5) is 0 Å². The van der Waals surface area contributed by atoms with E-state index in [1.807, 2.05) is 7.05 Å². The average molecular weight is 205 g/mol. The number of rotatable bonds is 6. The molecule has 0 N–H and O–H groups in total. The molecular formula is C9H19NO2S. The van der Waals surface area contributed by atoms with Crippen molar-refractivity contribution in [2.75, 3.05) is 32.8 Å². The number of hydrogen-bond acceptors (Lipinski definition) is 3. The minimum Gasteiger partial charge on any atom is -0.375 e. The van der Waals surface area contributed by atoms with Crippen LogP contribution in [0.25, 0.3) is 0 Å². The minimum atomic E-state index is 0.0519. The van der Waals surface area contributed by atoms with Crippen LogP contribution in [0.5, 0.6) is 0 Å². The van der Waals surface area contributed by atoms with Gasteiger partial charge in [0.15, 0.2) is 0 Å². The molecule has 0 saturated heterocycles. The van der Waals surface area contributed by atoms with Crippen LogP contribution in [0.2, 0.25) is 0 Å². The van der Waals surface area contributed by atoms with Crippen LogP contribution in [0, 0.1) is 0 Å². The Morgan fingerprint density at radius 1 is 1.62 bits per heavy atom. The predicted octanol–water partition coefficient (Wildman–Crippen LogP) is 1.23. The normalized spacial score (nSPS) is 12.6. The molecule has 13 heavy (non-hydrogen) atoms. The van der Waals surface area contributed by atoms with Gasteiger partial charge in [-0.05, 0) is 25.4 Å². The van der Waals surface area contributed by atoms with Gasteiger partial charge in [0.25, 0.3) is 0 Å². The smallest absolute Gasteiger partial charge is 0.248 e. The van der Waals surface area contributed by atoms with Gasteiger partial charge in [-0.1, -0.05) is 0 Å². The maximum atomic E-state index is 11.3. The lowest BCUT2D eigenvalue weighted by Crippen LogP contribution is -2.37. The molecule has 1 unspecified atom stereocenters. The summed E-state index contributed by atoms with van der Waals surface area (Å²) in [7, 11) is 3.37. The van der Waals surface area contributed by atoms with E-state index in [-0.39, 0.29) is 12.5 Å². The molecule has 1 amide bonds. The summed E-state index contributed by atoms with van der Waals surface area (Å²) >= 11 is 1.80. The van der Waals surface area contributed by atoms with Gasteiger partial charge in [-0.15, -0.1) is 0 Å². The zero-order chi connectivity index (χ0) is 10.3. The van der Waals surface area contributed by atoms with E-state index < -0.39 is 0 Å². The molecule has 0 bridgehead atoms. The molecule has 0 rings (SSSR count). The lowest BCUT2D eigenvalue weighted by molar-refractivity contribution is -0.135. The average Bonchev–Trinajstić information content (AvgIpc) is 2.13. The Morgan fingerprint density at radius 3 is 2.69 bits per heavy atom. The fourth-order valence-electron chi connectivity index (χ4n) is 0.953. The topological polar surface area (TPSA) is 29.5 Å². The fraction of sp³-hybridized carbons (Fsp3) is 0.889. The molecule has 1 atom stereocenters. The number of amides is 1. The Morgan fingerprint density at radius 2 is 2.23 bits per heavy atom. The molecule has 0 heterocycles. The molecule has 0 radical (unpaired) electrons. The van der Waals surface area contributed by atoms with Crippen LogP contribution in [0.1, 0.15) is 13.3 Å². The number of hydrogen-bond donors (Lipinski definition) is 0. The van der Waals surface area contributed by atoms with Crippen LogP contribution < -0.4 is 0 Å². The summed E-state index contributed by atoms with van der Waals surface area (Å²) in [6, 6.07) is 0.301. The molecule has 0 aliphatic heterocycles. The highest BCUT2D eigenvalue weighted by Crippen LogP contribution is 2.06. The Labute approximate surface area is 84.8 Å². The third-order valence-corrected chi connectivity index (χ3v) is 2.71. The van der Waals surface area contributed by atoms with Crippen molar-refractivity contribution in [2.24, 2.45) is 0 Å². The van der Waals surface area contributed by atoms with Crippen LogP contribution in [0.15, 0.2) is 0 Å². The number of likely N-dealkylation sites (N-methyl/N-ethyl adjacent to an activating group) is 1. The molecule has 0 spiro atoms. The molecule has 0 aromatic heterocycles. The fourth-order valence-corrected chi connectivity index (χ4v) is 1.53. The summed E-state index contributed by atoms with van der Waals surface area (Å²) in [4.78, 5) is 13.1. The van der Waals surface area contributed by atoms with Gasteiger partial charge in [0.2, 0.25) is 5.91 Å². The van der Waals surface area contributed by atoms with Gasteiger partial charge in [0.1, 0.15) is 6.61 Å². The van der Waals surface area contributed by atoms with E-state index in [4.69, 9.17) is 4.74 Å². The van der Waals surface area contributed by atoms with E-state index in [0.29, 0.717) is 6.04 Å². The van der Waals surface area contributed by atoms with Crippen molar-refractivity contribution in [3.05, 3.63) is 0 Å². The summed E-state index contributed by atoms with van der Waals surface area (Å²) < 4.78 is 4.78. The Balaban J connectivity index is 3.79. The van der Waals surface area contributed by atoms with Gasteiger partial charge in [-0.2, -0.15) is 11.8 Å². The minimum absolute atomic E-state index is 0.0519. The highest BCUT2D eigenvalue weighted by molar-refractivity contribution is 7.98. The quantitative estimate of drug-likeness (QED) is 0.653. The highest BCUT2D eigenvalue weighted by Gasteiger charge is 2.14. The number of carbonyl (C=O) groups excluding carboxylic acids is 1. The van der Waals surface area contributed by atoms with Crippen molar-refractivity contribution < 1.29 is 9.53 Å². The van der Waals surface area contributed by atoms with Crippen molar-refractivity contribution in [3.63, 3.8) is 0 Å². The maximum absolute atomic E-state index is 11.3. The van der Waals surface area contributed by atoms with Gasteiger partial charge in [-0.25, -0.2) is 0 Å². The molecular weight excluding hydrogens is 186 g/mol. The second kappa shape index (κ2) is 7.21. The highest BCUT2D eigenvalue weighted by atomic mass is 32.2. The number of carbonyl (C=O) groups is 1. The molecule has 0 aromatic rings. The zero-order valence-corrected chi connectivity index (χ0v) is 9.69. The molecule has 78 valence electrons. The third-order valence-electron chi connectivity index (χ3n) is 2.06. The van der Waals surface area contributed by atoms with Crippen molar-refractivity contribution >= 4 is 17.7 Å². The van der Waals surface area contributed by atoms with E-state index in [2.05, 4.69) is 13.2 Å². The van der Waals surface area contributed by atoms with E-state index in [0.717, 1.165) is 12.2 Å². The first-order valence-electron chi connectivity index (χ1n) is 4.37. The summed E-state index contributed by atoms with van der Waals surface area (Å²) in [5.41, 5.74) is 0. The first-order chi connectivity index (χ1) is 6.13. The van der Waals surface area contributed by atoms with Gasteiger partial charge >= 0.3 is 0 Å². The Kier molecular flexibility index (Phi) is 7.09. The third kappa shape index (κ3) is 5.16. The van der Waals surface area contributed by atoms with Crippen molar-refractivity contribution in [1.82, 2.24) is 4.90 Å². The van der Waals surface area contributed by atoms with E-state index >= 15 is 0 Å². The SMILES string of the molecule is COCC(=O)N(C)C(C)CCSC. The summed E-state index contributed by atoms with van der Waals surface area (Å²) in [6.07, 6.45) is 3.11. The number of methoxy groups -OCH3 is 1. The number of thioether (sulfide) groups is 1. The first kappa shape index (κ1) is 12.8. The summed E-state index contributed by atoms with van der Waals surface area (Å²) in [5, 5.41) is 0. The van der Waals surface area contributed by atoms with Crippen LogP contribution in [-0.2, 0) is 9.53 Å². The molecule has 0 aromatic carbocycles. The van der Waals surface area contributed by atoms with Gasteiger partial charge in [0, 0.05) is 20.2 Å². The molecule has 3 nitrogen and oxygen atoms in total. The van der Waals surface area contributed by atoms with E-state index in [9.17, 15) is 4.79 Å². The van der Waals surface area contributed by atoms with E-state index in [1.54, 1.807) is 16.7 Å². The molecule has 0 saturated carbocycles. The zero-order valence-electron chi connectivity index (χ0n) is 8.87. The summed E-state index contributed by atoms with van der Waals surface area (Å²) in [5.74, 6) is 1.14.